The van der Waals surface area contributed by atoms with E-state index in [1.165, 1.54) is 44.9 Å². The summed E-state index contributed by atoms with van der Waals surface area (Å²) in [6, 6.07) is 9.80. The van der Waals surface area contributed by atoms with Gasteiger partial charge in [-0.1, -0.05) is 18.8 Å². The van der Waals surface area contributed by atoms with Crippen LogP contribution in [0.3, 0.4) is 0 Å². The maximum atomic E-state index is 10.3. The van der Waals surface area contributed by atoms with Crippen molar-refractivity contribution < 1.29 is 9.84 Å². The van der Waals surface area contributed by atoms with Gasteiger partial charge in [0.2, 0.25) is 0 Å². The molecule has 3 heteroatoms. The number of ether oxygens (including phenoxy) is 1. The van der Waals surface area contributed by atoms with Crippen LogP contribution in [-0.4, -0.2) is 24.4 Å². The van der Waals surface area contributed by atoms with Crippen LogP contribution in [-0.2, 0) is 4.74 Å². The number of hydrogen-bond acceptors (Lipinski definition) is 3. The van der Waals surface area contributed by atoms with Crippen LogP contribution in [0.5, 0.6) is 0 Å². The van der Waals surface area contributed by atoms with Crippen LogP contribution >= 0.6 is 0 Å². The Balaban J connectivity index is 1.39. The molecule has 1 N–H and O–H groups in total. The molecule has 4 aliphatic rings. The second-order valence-electron chi connectivity index (χ2n) is 11.3. The van der Waals surface area contributed by atoms with Gasteiger partial charge >= 0.3 is 0 Å². The number of methoxy groups -OCH3 is 1. The number of fused-ring (bicyclic) bond motifs is 5. The molecule has 0 bridgehead atoms. The Morgan fingerprint density at radius 3 is 2.53 bits per heavy atom. The van der Waals surface area contributed by atoms with Crippen LogP contribution in [0.4, 0.5) is 0 Å². The molecule has 4 saturated carbocycles. The van der Waals surface area contributed by atoms with E-state index in [-0.39, 0.29) is 11.5 Å². The zero-order valence-electron chi connectivity index (χ0n) is 19.6. The first-order valence-electron chi connectivity index (χ1n) is 12.7. The molecule has 3 nitrogen and oxygen atoms in total. The van der Waals surface area contributed by atoms with Crippen molar-refractivity contribution in [1.29, 1.82) is 5.26 Å². The predicted octanol–water partition coefficient (Wildman–Crippen LogP) is 5.70. The molecule has 1 aromatic carbocycles. The van der Waals surface area contributed by atoms with Gasteiger partial charge in [-0.15, -0.1) is 0 Å². The Morgan fingerprint density at radius 2 is 1.78 bits per heavy atom. The molecule has 1 aromatic rings. The number of hydrogen-bond donors (Lipinski definition) is 1. The fraction of sp³-hybridized carbons (Fsp3) is 0.690. The number of nitriles is 1. The average Bonchev–Trinajstić information content (AvgIpc) is 3.18. The van der Waals surface area contributed by atoms with E-state index in [0.29, 0.717) is 28.9 Å². The van der Waals surface area contributed by atoms with Gasteiger partial charge in [0, 0.05) is 24.5 Å². The normalized spacial score (nSPS) is 42.6. The summed E-state index contributed by atoms with van der Waals surface area (Å²) < 4.78 is 6.11. The number of aliphatic hydroxyl groups is 1. The Bertz CT molecular complexity index is 937. The van der Waals surface area contributed by atoms with Gasteiger partial charge < -0.3 is 9.84 Å². The van der Waals surface area contributed by atoms with Gasteiger partial charge in [0.1, 0.15) is 0 Å². The molecule has 0 aromatic heterocycles. The van der Waals surface area contributed by atoms with Crippen molar-refractivity contribution in [3.8, 4) is 17.9 Å². The fourth-order valence-corrected chi connectivity index (χ4v) is 8.62. The summed E-state index contributed by atoms with van der Waals surface area (Å²) >= 11 is 0. The standard InChI is InChI=1S/C29H37NO2/c1-28-16-13-23(31)18-22(28)9-10-24-25(28)14-17-29(26(24)11-12-27(29)32-2)15-3-4-20-5-7-21(19-30)8-6-20/h5-8,22-27,31H,9-18H2,1-2H3/t22-,23-,24-,25+,26+,27+,28+,29+/m1/s1. The third-order valence-electron chi connectivity index (χ3n) is 10.2. The third-order valence-corrected chi connectivity index (χ3v) is 10.2. The monoisotopic (exact) mass is 431 g/mol. The minimum absolute atomic E-state index is 0.0749. The Hall–Kier alpha value is -1.81. The second kappa shape index (κ2) is 8.52. The van der Waals surface area contributed by atoms with Gasteiger partial charge in [0.05, 0.1) is 23.8 Å². The van der Waals surface area contributed by atoms with Crippen molar-refractivity contribution in [1.82, 2.24) is 0 Å². The molecule has 0 unspecified atom stereocenters. The van der Waals surface area contributed by atoms with Gasteiger partial charge in [-0.3, -0.25) is 0 Å². The molecular weight excluding hydrogens is 394 g/mol. The van der Waals surface area contributed by atoms with E-state index in [1.54, 1.807) is 0 Å². The summed E-state index contributed by atoms with van der Waals surface area (Å²) in [4.78, 5) is 0. The van der Waals surface area contributed by atoms with Gasteiger partial charge in [0.25, 0.3) is 0 Å². The molecule has 0 spiro atoms. The summed E-state index contributed by atoms with van der Waals surface area (Å²) in [5.41, 5.74) is 2.27. The molecule has 4 fully saturated rings. The first-order chi connectivity index (χ1) is 15.5. The smallest absolute Gasteiger partial charge is 0.0991 e. The Kier molecular flexibility index (Phi) is 5.86. The lowest BCUT2D eigenvalue weighted by Crippen LogP contribution is -2.55. The van der Waals surface area contributed by atoms with Gasteiger partial charge in [-0.05, 0) is 111 Å². The lowest BCUT2D eigenvalue weighted by atomic mass is 9.44. The zero-order valence-corrected chi connectivity index (χ0v) is 19.6. The Labute approximate surface area is 193 Å². The Morgan fingerprint density at radius 1 is 1.00 bits per heavy atom. The van der Waals surface area contributed by atoms with E-state index in [4.69, 9.17) is 10.00 Å². The minimum Gasteiger partial charge on any atom is -0.393 e. The van der Waals surface area contributed by atoms with Gasteiger partial charge in [-0.2, -0.15) is 5.26 Å². The lowest BCUT2D eigenvalue weighted by molar-refractivity contribution is -0.141. The number of rotatable bonds is 2. The molecule has 32 heavy (non-hydrogen) atoms. The van der Waals surface area contributed by atoms with E-state index in [0.717, 1.165) is 36.7 Å². The van der Waals surface area contributed by atoms with Crippen molar-refractivity contribution in [2.24, 2.45) is 34.5 Å². The zero-order chi connectivity index (χ0) is 22.3. The predicted molar refractivity (Wildman–Crippen MR) is 126 cm³/mol. The number of benzene rings is 1. The van der Waals surface area contributed by atoms with Crippen LogP contribution in [0, 0.1) is 57.7 Å². The van der Waals surface area contributed by atoms with Crippen LogP contribution in [0.1, 0.15) is 82.3 Å². The number of aliphatic hydroxyl groups excluding tert-OH is 1. The molecule has 0 saturated heterocycles. The molecular formula is C29H37NO2. The van der Waals surface area contributed by atoms with Crippen molar-refractivity contribution >= 4 is 0 Å². The van der Waals surface area contributed by atoms with Crippen molar-refractivity contribution in [2.75, 3.05) is 7.11 Å². The molecule has 170 valence electrons. The van der Waals surface area contributed by atoms with E-state index >= 15 is 0 Å². The van der Waals surface area contributed by atoms with Crippen LogP contribution < -0.4 is 0 Å². The van der Waals surface area contributed by atoms with Gasteiger partial charge in [0.15, 0.2) is 0 Å². The van der Waals surface area contributed by atoms with Crippen molar-refractivity contribution in [3.05, 3.63) is 35.4 Å². The quantitative estimate of drug-likeness (QED) is 0.611. The molecule has 4 aliphatic carbocycles. The molecule has 0 radical (unpaired) electrons. The molecule has 0 amide bonds. The number of nitrogens with zero attached hydrogens (tertiary/aromatic N) is 1. The summed E-state index contributed by atoms with van der Waals surface area (Å²) in [5.74, 6) is 9.95. The van der Waals surface area contributed by atoms with Crippen LogP contribution in [0.25, 0.3) is 0 Å². The average molecular weight is 432 g/mol. The maximum absolute atomic E-state index is 10.3. The van der Waals surface area contributed by atoms with E-state index in [9.17, 15) is 5.11 Å². The minimum atomic E-state index is -0.0749. The van der Waals surface area contributed by atoms with Crippen molar-refractivity contribution in [2.45, 2.75) is 83.3 Å². The van der Waals surface area contributed by atoms with Gasteiger partial charge in [-0.25, -0.2) is 0 Å². The molecule has 0 heterocycles. The first-order valence-corrected chi connectivity index (χ1v) is 12.7. The molecule has 0 aliphatic heterocycles. The van der Waals surface area contributed by atoms with E-state index in [2.05, 4.69) is 24.8 Å². The third kappa shape index (κ3) is 3.50. The highest BCUT2D eigenvalue weighted by Gasteiger charge is 2.61. The highest BCUT2D eigenvalue weighted by molar-refractivity contribution is 5.40. The summed E-state index contributed by atoms with van der Waals surface area (Å²) in [6.45, 7) is 2.56. The topological polar surface area (TPSA) is 53.2 Å². The summed E-state index contributed by atoms with van der Waals surface area (Å²) in [5, 5.41) is 19.3. The largest absolute Gasteiger partial charge is 0.393 e. The summed E-state index contributed by atoms with van der Waals surface area (Å²) in [7, 11) is 1.90. The lowest BCUT2D eigenvalue weighted by Gasteiger charge is -2.61. The van der Waals surface area contributed by atoms with Crippen LogP contribution in [0.15, 0.2) is 24.3 Å². The molecule has 5 rings (SSSR count). The van der Waals surface area contributed by atoms with Crippen molar-refractivity contribution in [3.63, 3.8) is 0 Å². The van der Waals surface area contributed by atoms with Crippen LogP contribution in [0.2, 0.25) is 0 Å². The fourth-order valence-electron chi connectivity index (χ4n) is 8.62. The summed E-state index contributed by atoms with van der Waals surface area (Å²) in [6.07, 6.45) is 12.0. The maximum Gasteiger partial charge on any atom is 0.0991 e. The van der Waals surface area contributed by atoms with E-state index < -0.39 is 0 Å². The second-order valence-corrected chi connectivity index (χ2v) is 11.3. The SMILES string of the molecule is CO[C@H]1CC[C@H]2[C@@H]3CC[C@@H]4C[C@H](O)CC[C@]4(C)[C@H]3CC[C@]12CC#Cc1ccc(C#N)cc1. The highest BCUT2D eigenvalue weighted by atomic mass is 16.5. The molecule has 8 atom stereocenters. The van der Waals surface area contributed by atoms with E-state index in [1.807, 2.05) is 31.4 Å². The first kappa shape index (κ1) is 22.0. The highest BCUT2D eigenvalue weighted by Crippen LogP contribution is 2.67.